The lowest BCUT2D eigenvalue weighted by Gasteiger charge is -2.41. The van der Waals surface area contributed by atoms with Crippen molar-refractivity contribution in [1.82, 2.24) is 30.0 Å². The van der Waals surface area contributed by atoms with Crippen molar-refractivity contribution in [1.29, 1.82) is 0 Å². The van der Waals surface area contributed by atoms with Crippen molar-refractivity contribution in [3.8, 4) is 0 Å². The van der Waals surface area contributed by atoms with Gasteiger partial charge in [-0.25, -0.2) is 5.06 Å². The zero-order valence-corrected chi connectivity index (χ0v) is 48.8. The van der Waals surface area contributed by atoms with Gasteiger partial charge < -0.3 is 24.6 Å². The number of rotatable bonds is 34. The van der Waals surface area contributed by atoms with E-state index in [0.29, 0.717) is 45.6 Å². The van der Waals surface area contributed by atoms with Crippen LogP contribution in [0.2, 0.25) is 0 Å². The van der Waals surface area contributed by atoms with Gasteiger partial charge in [0.15, 0.2) is 5.78 Å². The summed E-state index contributed by atoms with van der Waals surface area (Å²) < 4.78 is 12.3. The van der Waals surface area contributed by atoms with E-state index >= 15 is 0 Å². The van der Waals surface area contributed by atoms with Crippen molar-refractivity contribution < 1.29 is 52.7 Å². The molecule has 17 nitrogen and oxygen atoms in total. The molecule has 1 aromatic carbocycles. The Morgan fingerprint density at radius 1 is 0.766 bits per heavy atom. The molecule has 3 heterocycles. The highest BCUT2D eigenvalue weighted by Crippen LogP contribution is 2.35. The molecule has 3 aliphatic rings. The molecule has 1 aromatic rings. The van der Waals surface area contributed by atoms with E-state index in [0.717, 1.165) is 61.8 Å². The lowest BCUT2D eigenvalue weighted by molar-refractivity contribution is -0.202. The van der Waals surface area contributed by atoms with Crippen LogP contribution in [0.4, 0.5) is 0 Å². The highest BCUT2D eigenvalue weighted by Gasteiger charge is 2.44. The minimum atomic E-state index is -0.658. The first kappa shape index (κ1) is 64.7. The summed E-state index contributed by atoms with van der Waals surface area (Å²) in [6, 6.07) is 8.51. The Morgan fingerprint density at radius 3 is 2.03 bits per heavy atom. The van der Waals surface area contributed by atoms with Crippen LogP contribution in [-0.2, 0) is 52.7 Å². The third kappa shape index (κ3) is 18.4. The van der Waals surface area contributed by atoms with Crippen LogP contribution in [-0.4, -0.2) is 170 Å². The smallest absolute Gasteiger partial charge is 0.253 e. The molecule has 0 aliphatic carbocycles. The fraction of sp³-hybridized carbons (Fsp3) is 0.733. The Kier molecular flexibility index (Phi) is 27.1. The first-order valence-electron chi connectivity index (χ1n) is 28.8. The molecule has 10 atom stereocenters. The molecular weight excluding hydrogens is 981 g/mol. The molecule has 0 radical (unpaired) electrons. The van der Waals surface area contributed by atoms with Gasteiger partial charge in [0, 0.05) is 90.7 Å². The molecule has 1 N–H and O–H groups in total. The zero-order chi connectivity index (χ0) is 56.9. The van der Waals surface area contributed by atoms with E-state index in [1.54, 1.807) is 26.2 Å². The van der Waals surface area contributed by atoms with Gasteiger partial charge in [0.1, 0.15) is 5.78 Å². The monoisotopic (exact) mass is 1080 g/mol. The Balaban J connectivity index is 1.36. The van der Waals surface area contributed by atoms with Crippen molar-refractivity contribution in [3.05, 3.63) is 48.0 Å². The molecule has 4 rings (SSSR count). The number of amides is 6. The van der Waals surface area contributed by atoms with Crippen LogP contribution in [0.5, 0.6) is 0 Å². The topological polar surface area (TPSA) is 192 Å². The molecular formula is C60H96N6O11. The highest BCUT2D eigenvalue weighted by molar-refractivity contribution is 6.12. The molecule has 2 saturated heterocycles. The molecule has 17 heteroatoms. The SMILES string of the molecule is CC[C@H](C)[C@@H]([C@@H](CC(=O)N1CCC[C@H]1[C@H](OC)[C@@H](C)C(=O)C[C@H](C(=O)N1CCCCO1)[C@@H](C)c1ccccc1)OC)N(C)C(=O)[C@@H](CC(=O)[C@H](C(C)C)N(C)CCCCCCNC(=O)CCCN1C(=O)C=CC1=O)C(C)C. The van der Waals surface area contributed by atoms with Crippen LogP contribution in [0.1, 0.15) is 157 Å². The largest absolute Gasteiger partial charge is 0.379 e. The molecule has 0 aromatic heterocycles. The Morgan fingerprint density at radius 2 is 1.43 bits per heavy atom. The number of hydroxylamine groups is 2. The summed E-state index contributed by atoms with van der Waals surface area (Å²) in [5.41, 5.74) is 0.964. The van der Waals surface area contributed by atoms with Gasteiger partial charge in [0.05, 0.1) is 49.3 Å². The maximum absolute atomic E-state index is 14.8. The van der Waals surface area contributed by atoms with Crippen molar-refractivity contribution in [2.24, 2.45) is 35.5 Å². The number of ether oxygens (including phenoxy) is 2. The Bertz CT molecular complexity index is 2090. The van der Waals surface area contributed by atoms with E-state index in [1.807, 2.05) is 83.8 Å². The number of hydrogen-bond donors (Lipinski definition) is 1. The summed E-state index contributed by atoms with van der Waals surface area (Å²) in [5, 5.41) is 4.36. The van der Waals surface area contributed by atoms with Crippen LogP contribution < -0.4 is 5.32 Å². The number of ketones is 2. The number of carbonyl (C=O) groups excluding carboxylic acids is 8. The van der Waals surface area contributed by atoms with Gasteiger partial charge in [-0.2, -0.15) is 0 Å². The predicted octanol–water partition coefficient (Wildman–Crippen LogP) is 7.41. The summed E-state index contributed by atoms with van der Waals surface area (Å²) in [6.07, 6.45) is 9.24. The second-order valence-electron chi connectivity index (χ2n) is 22.8. The average molecular weight is 1080 g/mol. The molecule has 0 unspecified atom stereocenters. The summed E-state index contributed by atoms with van der Waals surface area (Å²) in [7, 11) is 6.89. The third-order valence-corrected chi connectivity index (χ3v) is 16.7. The van der Waals surface area contributed by atoms with Gasteiger partial charge in [-0.05, 0) is 87.8 Å². The highest BCUT2D eigenvalue weighted by atomic mass is 16.7. The number of unbranched alkanes of at least 4 members (excludes halogenated alkanes) is 3. The van der Waals surface area contributed by atoms with E-state index < -0.39 is 36.0 Å². The molecule has 3 aliphatic heterocycles. The van der Waals surface area contributed by atoms with Crippen molar-refractivity contribution >= 4 is 47.0 Å². The van der Waals surface area contributed by atoms with Crippen LogP contribution in [0, 0.1) is 35.5 Å². The number of nitrogens with one attached hydrogen (secondary N) is 1. The summed E-state index contributed by atoms with van der Waals surface area (Å²) in [4.78, 5) is 121. The Labute approximate surface area is 460 Å². The van der Waals surface area contributed by atoms with Gasteiger partial charge in [0.25, 0.3) is 11.8 Å². The quantitative estimate of drug-likeness (QED) is 0.0532. The number of nitrogens with zero attached hydrogens (tertiary/aromatic N) is 5. The Hall–Kier alpha value is -4.84. The minimum Gasteiger partial charge on any atom is -0.379 e. The van der Waals surface area contributed by atoms with Crippen molar-refractivity contribution in [2.75, 3.05) is 67.6 Å². The molecule has 0 saturated carbocycles. The number of hydrogen-bond acceptors (Lipinski definition) is 12. The van der Waals surface area contributed by atoms with Crippen LogP contribution in [0.25, 0.3) is 0 Å². The van der Waals surface area contributed by atoms with Gasteiger partial charge >= 0.3 is 0 Å². The van der Waals surface area contributed by atoms with Crippen LogP contribution in [0.15, 0.2) is 42.5 Å². The number of likely N-dealkylation sites (N-methyl/N-ethyl adjacent to an activating group) is 2. The predicted molar refractivity (Wildman–Crippen MR) is 297 cm³/mol. The zero-order valence-electron chi connectivity index (χ0n) is 48.8. The number of imide groups is 1. The second-order valence-corrected chi connectivity index (χ2v) is 22.8. The lowest BCUT2D eigenvalue weighted by atomic mass is 9.80. The number of Topliss-reactive ketones (excluding diaryl/α,β-unsaturated/α-hetero) is 2. The lowest BCUT2D eigenvalue weighted by Crippen LogP contribution is -2.54. The average Bonchev–Trinajstić information content (AvgIpc) is 4.05. The van der Waals surface area contributed by atoms with Gasteiger partial charge in [-0.3, -0.25) is 53.0 Å². The molecule has 77 heavy (non-hydrogen) atoms. The molecule has 6 amide bonds. The summed E-state index contributed by atoms with van der Waals surface area (Å²) in [6.45, 7) is 18.8. The van der Waals surface area contributed by atoms with E-state index in [4.69, 9.17) is 14.3 Å². The van der Waals surface area contributed by atoms with Gasteiger partial charge in [-0.1, -0.05) is 105 Å². The minimum absolute atomic E-state index is 0.00115. The molecule has 2 fully saturated rings. The normalized spacial score (nSPS) is 19.5. The van der Waals surface area contributed by atoms with Crippen molar-refractivity contribution in [2.45, 2.75) is 182 Å². The fourth-order valence-electron chi connectivity index (χ4n) is 11.8. The first-order chi connectivity index (χ1) is 36.7. The fourth-order valence-corrected chi connectivity index (χ4v) is 11.8. The summed E-state index contributed by atoms with van der Waals surface area (Å²) >= 11 is 0. The standard InChI is InChI=1S/C60H96N6O11/c1-13-42(6)57(63(10)59(73)46(40(2)3)37-50(68)56(41(4)5)62(9)32-20-15-14-19-31-61-52(69)28-24-34-65-53(70)29-30-54(65)71)51(75-11)39-55(72)64-33-23-27-48(64)58(76-12)44(8)49(67)38-47(43(7)45-25-17-16-18-26-45)60(74)66-35-21-22-36-77-66/h16-18,25-26,29-30,40-44,46-48,51,56-58H,13-15,19-24,27-28,31-39H2,1-12H3,(H,61,69)/t42-,43-,44-,46-,47-,48-,51+,56-,57-,58+/m0/s1. The molecule has 0 spiro atoms. The van der Waals surface area contributed by atoms with Gasteiger partial charge in [-0.15, -0.1) is 0 Å². The third-order valence-electron chi connectivity index (χ3n) is 16.7. The van der Waals surface area contributed by atoms with Crippen LogP contribution in [0.3, 0.4) is 0 Å². The van der Waals surface area contributed by atoms with Crippen LogP contribution >= 0.6 is 0 Å². The van der Waals surface area contributed by atoms with E-state index in [1.165, 1.54) is 17.2 Å². The van der Waals surface area contributed by atoms with E-state index in [9.17, 15) is 38.4 Å². The second kappa shape index (κ2) is 32.3. The number of carbonyl (C=O) groups is 8. The van der Waals surface area contributed by atoms with E-state index in [2.05, 4.69) is 24.1 Å². The first-order valence-corrected chi connectivity index (χ1v) is 28.8. The maximum atomic E-state index is 14.8. The maximum Gasteiger partial charge on any atom is 0.253 e. The van der Waals surface area contributed by atoms with Gasteiger partial charge in [0.2, 0.25) is 23.6 Å². The molecule has 0 bridgehead atoms. The summed E-state index contributed by atoms with van der Waals surface area (Å²) in [5.74, 6) is -3.69. The number of methoxy groups -OCH3 is 2. The van der Waals surface area contributed by atoms with E-state index in [-0.39, 0.29) is 115 Å². The number of likely N-dealkylation sites (tertiary alicyclic amines) is 1. The number of benzene rings is 1. The molecule has 432 valence electrons. The van der Waals surface area contributed by atoms with Crippen molar-refractivity contribution in [3.63, 3.8) is 0 Å².